The molecule has 1 amide bonds. The molecule has 180 valence electrons. The van der Waals surface area contributed by atoms with Gasteiger partial charge in [-0.3, -0.25) is 9.52 Å². The number of carbonyl (C=O) groups excluding carboxylic acids is 1. The number of halogens is 2. The molecule has 2 heterocycles. The SMILES string of the molecule is O=C(Nc1ccc(S(=O)(=O)Nc2nccs2)cc1F)C(CCO)N1CCCc2cc(Cl)ccc21. The molecule has 8 nitrogen and oxygen atoms in total. The van der Waals surface area contributed by atoms with Gasteiger partial charge in [-0.2, -0.15) is 0 Å². The number of benzene rings is 2. The predicted molar refractivity (Wildman–Crippen MR) is 131 cm³/mol. The summed E-state index contributed by atoms with van der Waals surface area (Å²) in [5.41, 5.74) is 1.69. The highest BCUT2D eigenvalue weighted by atomic mass is 35.5. The molecule has 0 aliphatic carbocycles. The summed E-state index contributed by atoms with van der Waals surface area (Å²) >= 11 is 7.20. The average Bonchev–Trinajstić information content (AvgIpc) is 3.30. The summed E-state index contributed by atoms with van der Waals surface area (Å²) in [5.74, 6) is -1.41. The van der Waals surface area contributed by atoms with E-state index in [-0.39, 0.29) is 28.7 Å². The number of hydrogen-bond acceptors (Lipinski definition) is 7. The fourth-order valence-electron chi connectivity index (χ4n) is 3.90. The van der Waals surface area contributed by atoms with E-state index >= 15 is 0 Å². The first-order chi connectivity index (χ1) is 16.3. The standard InChI is InChI=1S/C22H22ClFN4O4S2/c23-15-3-6-19-14(12-15)2-1-9-28(19)20(7-10-29)21(30)26-18-5-4-16(13-17(18)24)34(31,32)27-22-25-8-11-33-22/h3-6,8,11-13,20,29H,1-2,7,9-10H2,(H,25,27)(H,26,30). The van der Waals surface area contributed by atoms with Crippen molar-refractivity contribution in [3.05, 3.63) is 64.4 Å². The molecular formula is C22H22ClFN4O4S2. The topological polar surface area (TPSA) is 112 Å². The number of rotatable bonds is 8. The first kappa shape index (κ1) is 24.4. The minimum absolute atomic E-state index is 0.139. The molecule has 0 saturated heterocycles. The third kappa shape index (κ3) is 5.33. The quantitative estimate of drug-likeness (QED) is 0.412. The van der Waals surface area contributed by atoms with Crippen LogP contribution in [0, 0.1) is 5.82 Å². The maximum absolute atomic E-state index is 14.8. The first-order valence-corrected chi connectivity index (χ1v) is 13.2. The summed E-state index contributed by atoms with van der Waals surface area (Å²) in [6.45, 7) is 0.356. The number of sulfonamides is 1. The lowest BCUT2D eigenvalue weighted by Gasteiger charge is -2.37. The van der Waals surface area contributed by atoms with E-state index in [1.165, 1.54) is 18.3 Å². The van der Waals surface area contributed by atoms with Crippen LogP contribution in [0.1, 0.15) is 18.4 Å². The maximum atomic E-state index is 14.8. The highest BCUT2D eigenvalue weighted by Gasteiger charge is 2.30. The molecule has 3 aromatic rings. The van der Waals surface area contributed by atoms with Crippen LogP contribution in [0.15, 0.2) is 52.9 Å². The van der Waals surface area contributed by atoms with E-state index < -0.39 is 27.8 Å². The number of aliphatic hydroxyl groups is 1. The Morgan fingerprint density at radius 1 is 1.29 bits per heavy atom. The van der Waals surface area contributed by atoms with Crippen LogP contribution >= 0.6 is 22.9 Å². The number of aryl methyl sites for hydroxylation is 1. The van der Waals surface area contributed by atoms with Crippen LogP contribution in [0.3, 0.4) is 0 Å². The normalized spacial score (nSPS) is 14.4. The third-order valence-corrected chi connectivity index (χ3v) is 7.83. The molecule has 1 aliphatic heterocycles. The molecule has 0 radical (unpaired) electrons. The minimum atomic E-state index is -4.04. The number of carbonyl (C=O) groups is 1. The number of fused-ring (bicyclic) bond motifs is 1. The van der Waals surface area contributed by atoms with Gasteiger partial charge >= 0.3 is 0 Å². The predicted octanol–water partition coefficient (Wildman–Crippen LogP) is 3.88. The van der Waals surface area contributed by atoms with Gasteiger partial charge in [-0.1, -0.05) is 11.6 Å². The van der Waals surface area contributed by atoms with Crippen molar-refractivity contribution in [2.24, 2.45) is 0 Å². The van der Waals surface area contributed by atoms with Gasteiger partial charge in [0.2, 0.25) is 5.91 Å². The van der Waals surface area contributed by atoms with Crippen LogP contribution in [0.25, 0.3) is 0 Å². The van der Waals surface area contributed by atoms with Gasteiger partial charge in [-0.15, -0.1) is 11.3 Å². The molecule has 12 heteroatoms. The van der Waals surface area contributed by atoms with Gasteiger partial charge in [0.05, 0.1) is 10.6 Å². The summed E-state index contributed by atoms with van der Waals surface area (Å²) in [6, 6.07) is 7.92. The number of amides is 1. The van der Waals surface area contributed by atoms with E-state index in [0.29, 0.717) is 11.6 Å². The number of aliphatic hydroxyl groups excluding tert-OH is 1. The van der Waals surface area contributed by atoms with Gasteiger partial charge in [0, 0.05) is 35.4 Å². The number of hydrogen-bond donors (Lipinski definition) is 3. The van der Waals surface area contributed by atoms with Gasteiger partial charge in [0.15, 0.2) is 5.13 Å². The van der Waals surface area contributed by atoms with E-state index in [4.69, 9.17) is 11.6 Å². The molecule has 1 atom stereocenters. The Kier molecular flexibility index (Phi) is 7.36. The largest absolute Gasteiger partial charge is 0.396 e. The summed E-state index contributed by atoms with van der Waals surface area (Å²) in [6.07, 6.45) is 3.20. The molecular weight excluding hydrogens is 503 g/mol. The van der Waals surface area contributed by atoms with E-state index in [1.54, 1.807) is 11.4 Å². The van der Waals surface area contributed by atoms with E-state index in [9.17, 15) is 22.7 Å². The second-order valence-electron chi connectivity index (χ2n) is 7.67. The van der Waals surface area contributed by atoms with Crippen LogP contribution in [0.2, 0.25) is 5.02 Å². The molecule has 3 N–H and O–H groups in total. The highest BCUT2D eigenvalue weighted by molar-refractivity contribution is 7.93. The Balaban J connectivity index is 1.54. The molecule has 1 aliphatic rings. The highest BCUT2D eigenvalue weighted by Crippen LogP contribution is 2.32. The zero-order valence-electron chi connectivity index (χ0n) is 17.9. The second kappa shape index (κ2) is 10.3. The van der Waals surface area contributed by atoms with Crippen molar-refractivity contribution in [3.63, 3.8) is 0 Å². The van der Waals surface area contributed by atoms with Crippen molar-refractivity contribution >= 4 is 55.4 Å². The summed E-state index contributed by atoms with van der Waals surface area (Å²) in [5, 5.41) is 14.5. The molecule has 0 fully saturated rings. The van der Waals surface area contributed by atoms with Crippen molar-refractivity contribution in [1.82, 2.24) is 4.98 Å². The Morgan fingerprint density at radius 3 is 2.82 bits per heavy atom. The van der Waals surface area contributed by atoms with Crippen molar-refractivity contribution in [1.29, 1.82) is 0 Å². The van der Waals surface area contributed by atoms with Gasteiger partial charge in [0.25, 0.3) is 10.0 Å². The maximum Gasteiger partial charge on any atom is 0.263 e. The molecule has 0 saturated carbocycles. The number of nitrogens with one attached hydrogen (secondary N) is 2. The smallest absolute Gasteiger partial charge is 0.263 e. The van der Waals surface area contributed by atoms with Gasteiger partial charge in [-0.25, -0.2) is 17.8 Å². The summed E-state index contributed by atoms with van der Waals surface area (Å²) < 4.78 is 42.0. The minimum Gasteiger partial charge on any atom is -0.396 e. The first-order valence-electron chi connectivity index (χ1n) is 10.5. The van der Waals surface area contributed by atoms with Crippen LogP contribution in [0.5, 0.6) is 0 Å². The number of nitrogens with zero attached hydrogens (tertiary/aromatic N) is 2. The van der Waals surface area contributed by atoms with Gasteiger partial charge in [-0.05, 0) is 61.2 Å². The summed E-state index contributed by atoms with van der Waals surface area (Å²) in [7, 11) is -4.04. The Morgan fingerprint density at radius 2 is 2.12 bits per heavy atom. The molecule has 0 bridgehead atoms. The second-order valence-corrected chi connectivity index (χ2v) is 10.7. The van der Waals surface area contributed by atoms with Crippen molar-refractivity contribution in [2.45, 2.75) is 30.2 Å². The molecule has 34 heavy (non-hydrogen) atoms. The molecule has 1 unspecified atom stereocenters. The van der Waals surface area contributed by atoms with E-state index in [0.717, 1.165) is 41.5 Å². The lowest BCUT2D eigenvalue weighted by atomic mass is 9.98. The lowest BCUT2D eigenvalue weighted by Crippen LogP contribution is -2.47. The Hall–Kier alpha value is -2.73. The molecule has 1 aromatic heterocycles. The van der Waals surface area contributed by atoms with E-state index in [1.807, 2.05) is 17.0 Å². The number of thiazole rings is 1. The van der Waals surface area contributed by atoms with Crippen molar-refractivity contribution < 1.29 is 22.7 Å². The number of aromatic nitrogens is 1. The monoisotopic (exact) mass is 524 g/mol. The van der Waals surface area contributed by atoms with Crippen molar-refractivity contribution in [2.75, 3.05) is 28.1 Å². The Labute approximate surface area is 205 Å². The van der Waals surface area contributed by atoms with Crippen LogP contribution < -0.4 is 14.9 Å². The van der Waals surface area contributed by atoms with Crippen molar-refractivity contribution in [3.8, 4) is 0 Å². The fourth-order valence-corrected chi connectivity index (χ4v) is 5.89. The zero-order valence-corrected chi connectivity index (χ0v) is 20.3. The third-order valence-electron chi connectivity index (χ3n) is 5.44. The molecule has 0 spiro atoms. The average molecular weight is 525 g/mol. The zero-order chi connectivity index (χ0) is 24.3. The van der Waals surface area contributed by atoms with Gasteiger partial charge in [0.1, 0.15) is 11.9 Å². The Bertz CT molecular complexity index is 1290. The summed E-state index contributed by atoms with van der Waals surface area (Å²) in [4.78, 5) is 18.6. The molecule has 2 aromatic carbocycles. The fraction of sp³-hybridized carbons (Fsp3) is 0.273. The van der Waals surface area contributed by atoms with Crippen LogP contribution in [0.4, 0.5) is 20.9 Å². The van der Waals surface area contributed by atoms with Gasteiger partial charge < -0.3 is 15.3 Å². The van der Waals surface area contributed by atoms with Crippen LogP contribution in [-0.4, -0.2) is 43.6 Å². The lowest BCUT2D eigenvalue weighted by molar-refractivity contribution is -0.117. The molecule has 4 rings (SSSR count). The van der Waals surface area contributed by atoms with Crippen LogP contribution in [-0.2, 0) is 21.2 Å². The van der Waals surface area contributed by atoms with E-state index in [2.05, 4.69) is 15.0 Å². The number of anilines is 3.